The van der Waals surface area contributed by atoms with Gasteiger partial charge in [0.2, 0.25) is 5.60 Å². The van der Waals surface area contributed by atoms with Crippen LogP contribution in [0.2, 0.25) is 0 Å². The lowest BCUT2D eigenvalue weighted by Crippen LogP contribution is -2.68. The van der Waals surface area contributed by atoms with Crippen LogP contribution in [0.3, 0.4) is 0 Å². The molecule has 9 nitrogen and oxygen atoms in total. The summed E-state index contributed by atoms with van der Waals surface area (Å²) >= 11 is 1.90. The summed E-state index contributed by atoms with van der Waals surface area (Å²) in [5, 5.41) is 22.9. The van der Waals surface area contributed by atoms with Gasteiger partial charge in [0.1, 0.15) is 16.3 Å². The summed E-state index contributed by atoms with van der Waals surface area (Å²) in [7, 11) is 0. The van der Waals surface area contributed by atoms with E-state index in [0.29, 0.717) is 54.8 Å². The van der Waals surface area contributed by atoms with Gasteiger partial charge in [-0.25, -0.2) is 0 Å². The lowest BCUT2D eigenvalue weighted by molar-refractivity contribution is -0.163. The van der Waals surface area contributed by atoms with E-state index in [2.05, 4.69) is 4.98 Å². The molecule has 1 aliphatic carbocycles. The molecule has 0 bridgehead atoms. The number of nitrogens with zero attached hydrogens (tertiary/aromatic N) is 3. The third kappa shape index (κ3) is 8.80. The Kier molecular flexibility index (Phi) is 12.6. The number of halogens is 6. The average Bonchev–Trinajstić information content (AvgIpc) is 3.63. The van der Waals surface area contributed by atoms with Crippen molar-refractivity contribution >= 4 is 40.9 Å². The largest absolute Gasteiger partial charge is 0.481 e. The van der Waals surface area contributed by atoms with Gasteiger partial charge in [0, 0.05) is 48.6 Å². The van der Waals surface area contributed by atoms with Gasteiger partial charge in [-0.3, -0.25) is 19.4 Å². The molecule has 2 N–H and O–H groups in total. The number of aromatic nitrogens is 1. The molecule has 0 spiro atoms. The highest BCUT2D eigenvalue weighted by Crippen LogP contribution is 2.47. The molecule has 17 heteroatoms. The number of rotatable bonds is 13. The molecule has 310 valence electrons. The van der Waals surface area contributed by atoms with Crippen molar-refractivity contribution in [2.24, 2.45) is 5.41 Å². The Morgan fingerprint density at radius 2 is 1.68 bits per heavy atom. The molecule has 0 radical (unpaired) electrons. The number of alkyl halides is 6. The first-order valence-corrected chi connectivity index (χ1v) is 21.0. The molecule has 4 heterocycles. The average molecular weight is 842 g/mol. The third-order valence-electron chi connectivity index (χ3n) is 11.6. The summed E-state index contributed by atoms with van der Waals surface area (Å²) in [4.78, 5) is 47.1. The third-order valence-corrected chi connectivity index (χ3v) is 13.7. The molecule has 1 saturated carbocycles. The van der Waals surface area contributed by atoms with Crippen molar-refractivity contribution in [3.63, 3.8) is 0 Å². The minimum atomic E-state index is -4.91. The molecule has 0 unspecified atom stereocenters. The zero-order valence-corrected chi connectivity index (χ0v) is 33.0. The summed E-state index contributed by atoms with van der Waals surface area (Å²) in [6, 6.07) is 8.77. The number of amides is 2. The molecule has 2 saturated heterocycles. The second kappa shape index (κ2) is 16.8. The van der Waals surface area contributed by atoms with E-state index < -0.39 is 68.9 Å². The first kappa shape index (κ1) is 42.8. The number of aliphatic hydroxyl groups is 1. The van der Waals surface area contributed by atoms with Crippen molar-refractivity contribution in [1.82, 2.24) is 14.8 Å². The topological polar surface area (TPSA) is 120 Å². The van der Waals surface area contributed by atoms with Crippen LogP contribution < -0.4 is 4.74 Å². The molecule has 6 rings (SSSR count). The minimum Gasteiger partial charge on any atom is -0.481 e. The highest BCUT2D eigenvalue weighted by molar-refractivity contribution is 7.99. The summed E-state index contributed by atoms with van der Waals surface area (Å²) in [5.41, 5.74) is -5.43. The number of ether oxygens (including phenoxy) is 1. The van der Waals surface area contributed by atoms with Crippen molar-refractivity contribution in [1.29, 1.82) is 0 Å². The van der Waals surface area contributed by atoms with Crippen LogP contribution in [0, 0.1) is 5.41 Å². The minimum absolute atomic E-state index is 0.0171. The quantitative estimate of drug-likeness (QED) is 0.0995. The molecule has 2 amide bonds. The summed E-state index contributed by atoms with van der Waals surface area (Å²) in [5.74, 6) is -2.08. The number of carboxylic acids is 1. The van der Waals surface area contributed by atoms with Crippen LogP contribution in [0.1, 0.15) is 104 Å². The van der Waals surface area contributed by atoms with E-state index in [1.807, 2.05) is 18.2 Å². The van der Waals surface area contributed by atoms with Gasteiger partial charge in [-0.2, -0.15) is 26.3 Å². The van der Waals surface area contributed by atoms with Crippen LogP contribution in [0.25, 0.3) is 0 Å². The monoisotopic (exact) mass is 841 g/mol. The normalized spacial score (nSPS) is 22.1. The number of hydrogen-bond donors (Lipinski definition) is 2. The molecular weight excluding hydrogens is 797 g/mol. The Morgan fingerprint density at radius 3 is 2.30 bits per heavy atom. The number of piperidine rings is 2. The number of carbonyl (C=O) groups excluding carboxylic acids is 2. The van der Waals surface area contributed by atoms with Gasteiger partial charge < -0.3 is 24.7 Å². The zero-order valence-electron chi connectivity index (χ0n) is 31.3. The fourth-order valence-corrected chi connectivity index (χ4v) is 10.2. The number of thioether (sulfide) groups is 1. The second-order valence-electron chi connectivity index (χ2n) is 15.2. The van der Waals surface area contributed by atoms with Crippen molar-refractivity contribution in [3.05, 3.63) is 75.7 Å². The Bertz CT molecular complexity index is 1930. The number of aliphatic carboxylic acids is 1. The van der Waals surface area contributed by atoms with Crippen molar-refractivity contribution in [3.8, 4) is 5.75 Å². The van der Waals surface area contributed by atoms with Crippen LogP contribution in [0.4, 0.5) is 26.3 Å². The van der Waals surface area contributed by atoms with E-state index >= 15 is 0 Å². The number of likely N-dealkylation sites (tertiary alicyclic amines) is 2. The summed E-state index contributed by atoms with van der Waals surface area (Å²) < 4.78 is 89.7. The van der Waals surface area contributed by atoms with Gasteiger partial charge in [0.25, 0.3) is 11.8 Å². The van der Waals surface area contributed by atoms with Gasteiger partial charge in [-0.15, -0.1) is 23.1 Å². The van der Waals surface area contributed by atoms with E-state index in [1.54, 1.807) is 13.0 Å². The Balaban J connectivity index is 1.26. The number of thiophene rings is 1. The molecule has 2 aliphatic heterocycles. The van der Waals surface area contributed by atoms with E-state index in [4.69, 9.17) is 4.74 Å². The van der Waals surface area contributed by atoms with E-state index in [0.717, 1.165) is 46.0 Å². The lowest BCUT2D eigenvalue weighted by atomic mass is 9.66. The molecule has 2 atom stereocenters. The molecule has 3 aromatic rings. The number of carboxylic acid groups (broad SMARTS) is 1. The number of hydrogen-bond acceptors (Lipinski definition) is 8. The maximum absolute atomic E-state index is 15.0. The van der Waals surface area contributed by atoms with Crippen molar-refractivity contribution in [2.45, 2.75) is 112 Å². The van der Waals surface area contributed by atoms with Gasteiger partial charge in [-0.1, -0.05) is 38.0 Å². The second-order valence-corrected chi connectivity index (χ2v) is 17.2. The van der Waals surface area contributed by atoms with Gasteiger partial charge in [0.15, 0.2) is 0 Å². The van der Waals surface area contributed by atoms with E-state index in [-0.39, 0.29) is 57.5 Å². The fourth-order valence-electron chi connectivity index (χ4n) is 8.44. The molecular formula is C40H45F6N3O6S2. The standard InChI is InChI=1S/C40H45F6N3O6S2/c1-2-9-30-38(55-26-24-31(57-25-26)40(44,45)46,16-7-20-49(30)33(50)32-28(39(41,42)43)11-5-19-47-32)34(51)48-21-17-37(54,18-22-48)27-10-3-4-12-29(27)56-23-8-15-36(35(52)53)13-6-14-36/h3-5,10-12,19,24-25,30,54H,2,6-9,13-18,20-23H2,1H3,(H,52,53)/t30-,38+/m1/s1. The molecule has 1 aromatic carbocycles. The predicted octanol–water partition coefficient (Wildman–Crippen LogP) is 9.04. The Morgan fingerprint density at radius 1 is 0.965 bits per heavy atom. The zero-order chi connectivity index (χ0) is 41.2. The highest BCUT2D eigenvalue weighted by atomic mass is 32.2. The predicted molar refractivity (Wildman–Crippen MR) is 201 cm³/mol. The maximum Gasteiger partial charge on any atom is 0.425 e. The van der Waals surface area contributed by atoms with Crippen LogP contribution >= 0.6 is 23.1 Å². The maximum atomic E-state index is 15.0. The first-order chi connectivity index (χ1) is 26.9. The van der Waals surface area contributed by atoms with Crippen LogP contribution in [0.15, 0.2) is 58.9 Å². The molecule has 2 aromatic heterocycles. The summed E-state index contributed by atoms with van der Waals surface area (Å²) in [6.07, 6.45) is -4.37. The fraction of sp³-hybridized carbons (Fsp3) is 0.550. The van der Waals surface area contributed by atoms with Gasteiger partial charge in [-0.05, 0) is 80.9 Å². The lowest BCUT2D eigenvalue weighted by Gasteiger charge is -2.51. The van der Waals surface area contributed by atoms with Crippen LogP contribution in [-0.2, 0) is 27.5 Å². The highest BCUT2D eigenvalue weighted by Gasteiger charge is 2.57. The van der Waals surface area contributed by atoms with E-state index in [9.17, 15) is 50.9 Å². The first-order valence-electron chi connectivity index (χ1n) is 19.1. The van der Waals surface area contributed by atoms with Crippen LogP contribution in [-0.4, -0.2) is 79.8 Å². The molecule has 3 fully saturated rings. The van der Waals surface area contributed by atoms with Gasteiger partial charge in [0.05, 0.1) is 22.6 Å². The van der Waals surface area contributed by atoms with Gasteiger partial charge >= 0.3 is 18.3 Å². The van der Waals surface area contributed by atoms with E-state index in [1.165, 1.54) is 16.7 Å². The SMILES string of the molecule is CCC[C@H]1N(C(=O)c2ncccc2C(F)(F)F)CCC[C@@]1(Oc1csc(C(F)(F)F)c1)C(=O)N1CCC(O)(c2ccccc2SCCCC2(C(=O)O)CCC2)CC1. The van der Waals surface area contributed by atoms with Crippen molar-refractivity contribution < 1.29 is 55.7 Å². The Hall–Kier alpha value is -3.83. The smallest absolute Gasteiger partial charge is 0.425 e. The molecule has 3 aliphatic rings. The number of carbonyl (C=O) groups is 3. The van der Waals surface area contributed by atoms with Crippen molar-refractivity contribution in [2.75, 3.05) is 25.4 Å². The molecule has 57 heavy (non-hydrogen) atoms. The summed E-state index contributed by atoms with van der Waals surface area (Å²) in [6.45, 7) is 1.75. The number of benzene rings is 1. The van der Waals surface area contributed by atoms with Crippen LogP contribution in [0.5, 0.6) is 5.75 Å². The number of pyridine rings is 1. The Labute approximate surface area is 334 Å².